The van der Waals surface area contributed by atoms with Crippen LogP contribution in [0, 0.1) is 17.1 Å². The Morgan fingerprint density at radius 1 is 1.52 bits per heavy atom. The molecule has 21 heavy (non-hydrogen) atoms. The number of benzene rings is 1. The third-order valence-electron chi connectivity index (χ3n) is 2.64. The Labute approximate surface area is 131 Å². The summed E-state index contributed by atoms with van der Waals surface area (Å²) in [6.45, 7) is 1.46. The van der Waals surface area contributed by atoms with Crippen molar-refractivity contribution in [3.8, 4) is 6.07 Å². The van der Waals surface area contributed by atoms with Crippen LogP contribution in [0.15, 0.2) is 24.4 Å². The van der Waals surface area contributed by atoms with Gasteiger partial charge in [-0.15, -0.1) is 17.0 Å². The molecule has 0 aliphatic carbocycles. The van der Waals surface area contributed by atoms with Gasteiger partial charge in [0.15, 0.2) is 0 Å². The van der Waals surface area contributed by atoms with Crippen molar-refractivity contribution in [1.29, 1.82) is 5.26 Å². The van der Waals surface area contributed by atoms with Crippen molar-refractivity contribution in [2.45, 2.75) is 20.0 Å². The second-order valence-electron chi connectivity index (χ2n) is 4.24. The molecule has 0 unspecified atom stereocenters. The number of rotatable bonds is 4. The van der Waals surface area contributed by atoms with Gasteiger partial charge in [0.25, 0.3) is 0 Å². The van der Waals surface area contributed by atoms with Gasteiger partial charge in [-0.2, -0.15) is 5.26 Å². The van der Waals surface area contributed by atoms with Gasteiger partial charge >= 0.3 is 5.97 Å². The number of carbonyl (C=O) groups is 1. The number of esters is 1. The van der Waals surface area contributed by atoms with Crippen molar-refractivity contribution in [3.05, 3.63) is 52.9 Å². The highest BCUT2D eigenvalue weighted by atomic mass is 79.9. The number of aromatic amines is 1. The molecule has 110 valence electrons. The molecular weight excluding hydrogens is 341 g/mol. The van der Waals surface area contributed by atoms with Crippen molar-refractivity contribution in [2.24, 2.45) is 0 Å². The van der Waals surface area contributed by atoms with Gasteiger partial charge in [-0.05, 0) is 17.7 Å². The number of nitrogens with zero attached hydrogens (tertiary/aromatic N) is 2. The third-order valence-corrected chi connectivity index (χ3v) is 2.64. The van der Waals surface area contributed by atoms with Gasteiger partial charge in [0.05, 0.1) is 17.5 Å². The zero-order valence-electron chi connectivity index (χ0n) is 11.2. The van der Waals surface area contributed by atoms with E-state index in [1.165, 1.54) is 19.1 Å². The van der Waals surface area contributed by atoms with Crippen molar-refractivity contribution < 1.29 is 13.9 Å². The fraction of sp³-hybridized carbons (Fsp3) is 0.214. The number of hydrogen-bond acceptors (Lipinski definition) is 4. The van der Waals surface area contributed by atoms with Gasteiger partial charge < -0.3 is 9.72 Å². The molecular formula is C14H13BrFN3O2. The Balaban J connectivity index is 0.00000220. The Hall–Kier alpha value is -2.20. The van der Waals surface area contributed by atoms with Gasteiger partial charge in [-0.25, -0.2) is 9.37 Å². The molecule has 1 heterocycles. The van der Waals surface area contributed by atoms with Crippen LogP contribution in [0.1, 0.15) is 29.6 Å². The number of ether oxygens (including phenoxy) is 1. The van der Waals surface area contributed by atoms with E-state index in [1.54, 1.807) is 18.3 Å². The number of aromatic nitrogens is 2. The smallest absolute Gasteiger partial charge is 0.303 e. The van der Waals surface area contributed by atoms with E-state index in [1.807, 2.05) is 0 Å². The average molecular weight is 354 g/mol. The molecule has 1 aromatic heterocycles. The Morgan fingerprint density at radius 2 is 2.29 bits per heavy atom. The minimum absolute atomic E-state index is 0. The molecule has 0 saturated carbocycles. The molecule has 0 aliphatic rings. The first-order valence-corrected chi connectivity index (χ1v) is 5.93. The molecule has 5 nitrogen and oxygen atoms in total. The lowest BCUT2D eigenvalue weighted by molar-refractivity contribution is -0.142. The lowest BCUT2D eigenvalue weighted by atomic mass is 10.1. The largest absolute Gasteiger partial charge is 0.459 e. The zero-order chi connectivity index (χ0) is 14.5. The van der Waals surface area contributed by atoms with Crippen LogP contribution in [0.25, 0.3) is 0 Å². The molecule has 1 N–H and O–H groups in total. The quantitative estimate of drug-likeness (QED) is 0.857. The first-order chi connectivity index (χ1) is 9.58. The van der Waals surface area contributed by atoms with Crippen molar-refractivity contribution >= 4 is 23.0 Å². The predicted molar refractivity (Wildman–Crippen MR) is 78.3 cm³/mol. The summed E-state index contributed by atoms with van der Waals surface area (Å²) in [5, 5.41) is 8.66. The molecule has 0 aliphatic heterocycles. The first kappa shape index (κ1) is 16.9. The summed E-state index contributed by atoms with van der Waals surface area (Å²) in [6.07, 6.45) is 1.97. The van der Waals surface area contributed by atoms with Gasteiger partial charge in [-0.3, -0.25) is 4.79 Å². The molecule has 0 bridgehead atoms. The lowest BCUT2D eigenvalue weighted by Gasteiger charge is -2.01. The molecule has 0 spiro atoms. The summed E-state index contributed by atoms with van der Waals surface area (Å²) in [5.74, 6) is -0.275. The van der Waals surface area contributed by atoms with Crippen LogP contribution >= 0.6 is 17.0 Å². The number of H-pyrrole nitrogens is 1. The maximum Gasteiger partial charge on any atom is 0.303 e. The summed E-state index contributed by atoms with van der Waals surface area (Å²) in [4.78, 5) is 17.8. The fourth-order valence-corrected chi connectivity index (χ4v) is 1.70. The number of nitrogens with one attached hydrogen (secondary N) is 1. The number of carbonyl (C=O) groups excluding carboxylic acids is 1. The summed E-state index contributed by atoms with van der Waals surface area (Å²) >= 11 is 0. The van der Waals surface area contributed by atoms with E-state index < -0.39 is 5.82 Å². The molecule has 0 atom stereocenters. The second kappa shape index (κ2) is 7.55. The van der Waals surface area contributed by atoms with E-state index >= 15 is 0 Å². The number of imidazole rings is 1. The molecule has 7 heteroatoms. The second-order valence-corrected chi connectivity index (χ2v) is 4.24. The monoisotopic (exact) mass is 353 g/mol. The van der Waals surface area contributed by atoms with E-state index in [0.29, 0.717) is 23.5 Å². The van der Waals surface area contributed by atoms with Gasteiger partial charge in [0, 0.05) is 13.3 Å². The Morgan fingerprint density at radius 3 is 2.90 bits per heavy atom. The highest BCUT2D eigenvalue weighted by Gasteiger charge is 2.06. The van der Waals surface area contributed by atoms with Crippen molar-refractivity contribution in [3.63, 3.8) is 0 Å². The zero-order valence-corrected chi connectivity index (χ0v) is 12.9. The Bertz CT molecular complexity index is 679. The molecule has 0 amide bonds. The third kappa shape index (κ3) is 4.68. The molecule has 0 fully saturated rings. The topological polar surface area (TPSA) is 78.8 Å². The van der Waals surface area contributed by atoms with Crippen molar-refractivity contribution in [2.75, 3.05) is 0 Å². The average Bonchev–Trinajstić information content (AvgIpc) is 2.84. The number of halogens is 2. The van der Waals surface area contributed by atoms with Crippen LogP contribution in [0.3, 0.4) is 0 Å². The number of nitriles is 1. The van der Waals surface area contributed by atoms with Gasteiger partial charge in [-0.1, -0.05) is 6.07 Å². The van der Waals surface area contributed by atoms with E-state index in [9.17, 15) is 9.18 Å². The summed E-state index contributed by atoms with van der Waals surface area (Å²) in [6, 6.07) is 6.20. The van der Waals surface area contributed by atoms with Crippen LogP contribution in [0.4, 0.5) is 4.39 Å². The fourth-order valence-electron chi connectivity index (χ4n) is 1.70. The molecule has 2 rings (SSSR count). The van der Waals surface area contributed by atoms with Crippen molar-refractivity contribution in [1.82, 2.24) is 9.97 Å². The summed E-state index contributed by atoms with van der Waals surface area (Å²) in [5.41, 5.74) is 1.39. The highest BCUT2D eigenvalue weighted by Crippen LogP contribution is 2.12. The van der Waals surface area contributed by atoms with Crippen LogP contribution in [-0.2, 0) is 22.6 Å². The first-order valence-electron chi connectivity index (χ1n) is 5.93. The lowest BCUT2D eigenvalue weighted by Crippen LogP contribution is -1.99. The maximum atomic E-state index is 13.5. The standard InChI is InChI=1S/C14H12FN3O2.BrH/c1-9(19)20-8-12-7-17-14(18-12)5-10-2-3-11(6-16)13(15)4-10;/h2-4,7H,5,8H2,1H3,(H,17,18);1H. The summed E-state index contributed by atoms with van der Waals surface area (Å²) in [7, 11) is 0. The highest BCUT2D eigenvalue weighted by molar-refractivity contribution is 8.93. The molecule has 0 saturated heterocycles. The van der Waals surface area contributed by atoms with Crippen LogP contribution in [0.2, 0.25) is 0 Å². The maximum absolute atomic E-state index is 13.5. The SMILES string of the molecule is Br.CC(=O)OCc1cnc(Cc2ccc(C#N)c(F)c2)[nH]1. The minimum Gasteiger partial charge on any atom is -0.459 e. The van der Waals surface area contributed by atoms with Crippen LogP contribution in [0.5, 0.6) is 0 Å². The Kier molecular flexibility index (Phi) is 6.06. The van der Waals surface area contributed by atoms with E-state index in [0.717, 1.165) is 0 Å². The van der Waals surface area contributed by atoms with Crippen LogP contribution < -0.4 is 0 Å². The van der Waals surface area contributed by atoms with Gasteiger partial charge in [0.2, 0.25) is 0 Å². The minimum atomic E-state index is -0.545. The molecule has 0 radical (unpaired) electrons. The normalized spacial score (nSPS) is 9.57. The number of hydrogen-bond donors (Lipinski definition) is 1. The van der Waals surface area contributed by atoms with Gasteiger partial charge in [0.1, 0.15) is 24.3 Å². The van der Waals surface area contributed by atoms with E-state index in [2.05, 4.69) is 9.97 Å². The molecule has 1 aromatic carbocycles. The van der Waals surface area contributed by atoms with Crippen LogP contribution in [-0.4, -0.2) is 15.9 Å². The van der Waals surface area contributed by atoms with E-state index in [-0.39, 0.29) is 35.1 Å². The predicted octanol–water partition coefficient (Wildman–Crippen LogP) is 2.65. The summed E-state index contributed by atoms with van der Waals surface area (Å²) < 4.78 is 18.3. The van der Waals surface area contributed by atoms with E-state index in [4.69, 9.17) is 10.00 Å². The molecule has 2 aromatic rings.